The SMILES string of the molecule is [2H]c1c([2H])c(N(c2ccc(-c3ccc4ccccc4c3)cc2)c2c([2H])c([2H])c([2H])c3oc4c5c([2H])c([2H])c([2H])c([2H])c5c([2H])c([2H])c4c23)c([2H])c([2H])c1-c1c([2H])c([2H])c2c([2H])c([2H])c([2H])c([2H])c2c1[2H]. The lowest BCUT2D eigenvalue weighted by Gasteiger charge is -2.26. The Morgan fingerprint density at radius 1 is 0.440 bits per heavy atom. The molecule has 1 aromatic heterocycles. The standard InChI is InChI=1S/C48H31NO/c1-3-11-37-30-39(18-16-32(37)8-1)34-20-25-41(26-21-34)49(42-27-22-35(23-28-42)40-19-17-33-9-2-4-12-38(33)31-40)45-14-7-15-46-47(45)44-29-24-36-10-5-6-13-43(36)48(44)50-46/h1-31H/i1D,3D,5D,6D,7D,8D,10D,11D,13D,14D,15D,16D,18D,20D,21D,24D,25D,26D,29D,30D. The minimum absolute atomic E-state index is 0.0391. The van der Waals surface area contributed by atoms with Crippen molar-refractivity contribution in [3.05, 3.63) is 188 Å². The van der Waals surface area contributed by atoms with Crippen LogP contribution in [0.15, 0.2) is 192 Å². The summed E-state index contributed by atoms with van der Waals surface area (Å²) in [5.74, 6) is 0. The van der Waals surface area contributed by atoms with Gasteiger partial charge in [-0.15, -0.1) is 0 Å². The fraction of sp³-hybridized carbons (Fsp3) is 0. The van der Waals surface area contributed by atoms with Crippen LogP contribution in [-0.2, 0) is 0 Å². The van der Waals surface area contributed by atoms with Gasteiger partial charge in [0.15, 0.2) is 0 Å². The smallest absolute Gasteiger partial charge is 0.143 e. The first-order valence-electron chi connectivity index (χ1n) is 25.5. The van der Waals surface area contributed by atoms with Crippen LogP contribution >= 0.6 is 0 Å². The first-order chi connectivity index (χ1) is 33.1. The molecule has 234 valence electrons. The van der Waals surface area contributed by atoms with Crippen molar-refractivity contribution in [2.24, 2.45) is 0 Å². The van der Waals surface area contributed by atoms with E-state index in [-0.39, 0.29) is 32.8 Å². The highest BCUT2D eigenvalue weighted by Gasteiger charge is 2.20. The van der Waals surface area contributed by atoms with Gasteiger partial charge in [-0.25, -0.2) is 0 Å². The quantitative estimate of drug-likeness (QED) is 0.183. The van der Waals surface area contributed by atoms with Gasteiger partial charge in [0, 0.05) is 22.1 Å². The van der Waals surface area contributed by atoms with E-state index in [1.54, 1.807) is 12.1 Å². The van der Waals surface area contributed by atoms with Gasteiger partial charge >= 0.3 is 0 Å². The summed E-state index contributed by atoms with van der Waals surface area (Å²) in [5, 5.41) is -0.335. The van der Waals surface area contributed by atoms with Crippen molar-refractivity contribution in [3.8, 4) is 22.3 Å². The predicted molar refractivity (Wildman–Crippen MR) is 212 cm³/mol. The van der Waals surface area contributed by atoms with Gasteiger partial charge in [0.25, 0.3) is 0 Å². The highest BCUT2D eigenvalue weighted by atomic mass is 16.3. The highest BCUT2D eigenvalue weighted by molar-refractivity contribution is 6.19. The number of nitrogens with zero attached hydrogens (tertiary/aromatic N) is 1. The van der Waals surface area contributed by atoms with E-state index in [9.17, 15) is 8.22 Å². The van der Waals surface area contributed by atoms with Crippen molar-refractivity contribution < 1.29 is 31.8 Å². The van der Waals surface area contributed by atoms with Crippen molar-refractivity contribution in [2.75, 3.05) is 4.90 Å². The third kappa shape index (κ3) is 4.73. The Morgan fingerprint density at radius 2 is 1.16 bits per heavy atom. The highest BCUT2D eigenvalue weighted by Crippen LogP contribution is 2.45. The van der Waals surface area contributed by atoms with Crippen LogP contribution in [0.2, 0.25) is 0 Å². The van der Waals surface area contributed by atoms with Gasteiger partial charge in [-0.05, 0) is 104 Å². The van der Waals surface area contributed by atoms with E-state index < -0.39 is 160 Å². The third-order valence-electron chi connectivity index (χ3n) is 8.50. The molecule has 1 heterocycles. The van der Waals surface area contributed by atoms with Crippen molar-refractivity contribution >= 4 is 71.3 Å². The Kier molecular flexibility index (Phi) is 3.42. The molecule has 0 aliphatic rings. The number of anilines is 3. The van der Waals surface area contributed by atoms with Crippen LogP contribution in [-0.4, -0.2) is 0 Å². The molecule has 0 amide bonds. The molecule has 0 spiro atoms. The molecule has 0 saturated carbocycles. The number of hydrogen-bond acceptors (Lipinski definition) is 2. The summed E-state index contributed by atoms with van der Waals surface area (Å²) >= 11 is 0. The molecule has 10 aromatic rings. The van der Waals surface area contributed by atoms with Crippen molar-refractivity contribution in [1.82, 2.24) is 0 Å². The number of hydrogen-bond donors (Lipinski definition) is 0. The average Bonchev–Trinajstić information content (AvgIpc) is 3.75. The van der Waals surface area contributed by atoms with E-state index in [1.165, 1.54) is 12.1 Å². The van der Waals surface area contributed by atoms with Crippen LogP contribution < -0.4 is 4.90 Å². The minimum Gasteiger partial charge on any atom is -0.455 e. The number of benzene rings is 9. The summed E-state index contributed by atoms with van der Waals surface area (Å²) in [7, 11) is 0. The number of rotatable bonds is 5. The Morgan fingerprint density at radius 3 is 2.02 bits per heavy atom. The van der Waals surface area contributed by atoms with Gasteiger partial charge in [0.2, 0.25) is 0 Å². The molecular formula is C48H31NO. The molecule has 9 aromatic carbocycles. The summed E-state index contributed by atoms with van der Waals surface area (Å²) in [5.41, 5.74) is -1.68. The summed E-state index contributed by atoms with van der Waals surface area (Å²) < 4.78 is 185. The van der Waals surface area contributed by atoms with Crippen molar-refractivity contribution in [1.29, 1.82) is 0 Å². The normalized spacial score (nSPS) is 17.2. The Labute approximate surface area is 318 Å². The van der Waals surface area contributed by atoms with Gasteiger partial charge in [-0.1, -0.05) is 133 Å². The van der Waals surface area contributed by atoms with E-state index in [0.717, 1.165) is 21.2 Å². The minimum atomic E-state index is -0.880. The second-order valence-electron chi connectivity index (χ2n) is 11.4. The molecule has 50 heavy (non-hydrogen) atoms. The van der Waals surface area contributed by atoms with Crippen molar-refractivity contribution in [2.45, 2.75) is 0 Å². The summed E-state index contributed by atoms with van der Waals surface area (Å²) in [6.07, 6.45) is 0. The zero-order valence-electron chi connectivity index (χ0n) is 45.7. The Hall–Kier alpha value is -6.64. The Bertz CT molecular complexity index is 3990. The summed E-state index contributed by atoms with van der Waals surface area (Å²) in [6, 6.07) is 5.05. The molecule has 0 aliphatic carbocycles. The monoisotopic (exact) mass is 657 g/mol. The van der Waals surface area contributed by atoms with E-state index in [1.807, 2.05) is 42.5 Å². The van der Waals surface area contributed by atoms with Crippen LogP contribution in [0.1, 0.15) is 27.4 Å². The van der Waals surface area contributed by atoms with Crippen LogP contribution in [0.25, 0.3) is 76.5 Å². The molecule has 0 radical (unpaired) electrons. The first-order valence-corrected chi connectivity index (χ1v) is 15.5. The fourth-order valence-corrected chi connectivity index (χ4v) is 6.11. The molecule has 0 unspecified atom stereocenters. The van der Waals surface area contributed by atoms with Gasteiger partial charge in [0.05, 0.1) is 38.5 Å². The molecule has 0 atom stereocenters. The molecule has 0 N–H and O–H groups in total. The maximum Gasteiger partial charge on any atom is 0.143 e. The van der Waals surface area contributed by atoms with Crippen LogP contribution in [0.4, 0.5) is 17.1 Å². The molecule has 2 heteroatoms. The number of furan rings is 1. The van der Waals surface area contributed by atoms with E-state index in [2.05, 4.69) is 0 Å². The molecule has 0 fully saturated rings. The molecule has 2 nitrogen and oxygen atoms in total. The average molecular weight is 658 g/mol. The van der Waals surface area contributed by atoms with Gasteiger partial charge in [0.1, 0.15) is 11.2 Å². The fourth-order valence-electron chi connectivity index (χ4n) is 6.11. The molecule has 0 aliphatic heterocycles. The molecule has 10 rings (SSSR count). The second kappa shape index (κ2) is 11.5. The first kappa shape index (κ1) is 14.9. The maximum absolute atomic E-state index is 9.64. The van der Waals surface area contributed by atoms with Gasteiger partial charge in [-0.3, -0.25) is 0 Å². The lowest BCUT2D eigenvalue weighted by atomic mass is 9.99. The zero-order chi connectivity index (χ0) is 50.4. The van der Waals surface area contributed by atoms with Gasteiger partial charge in [-0.2, -0.15) is 0 Å². The summed E-state index contributed by atoms with van der Waals surface area (Å²) in [6.45, 7) is 0. The topological polar surface area (TPSA) is 16.4 Å². The molecule has 0 bridgehead atoms. The molecule has 0 saturated heterocycles. The zero-order valence-corrected chi connectivity index (χ0v) is 25.7. The van der Waals surface area contributed by atoms with Crippen LogP contribution in [0.3, 0.4) is 0 Å². The number of fused-ring (bicyclic) bond motifs is 7. The van der Waals surface area contributed by atoms with Crippen molar-refractivity contribution in [3.63, 3.8) is 0 Å². The van der Waals surface area contributed by atoms with Gasteiger partial charge < -0.3 is 9.32 Å². The second-order valence-corrected chi connectivity index (χ2v) is 11.4. The molecular weight excluding hydrogens is 607 g/mol. The lowest BCUT2D eigenvalue weighted by molar-refractivity contribution is 0.672. The van der Waals surface area contributed by atoms with Crippen LogP contribution in [0.5, 0.6) is 0 Å². The Balaban J connectivity index is 1.33. The van der Waals surface area contributed by atoms with E-state index >= 15 is 0 Å². The maximum atomic E-state index is 9.64. The van der Waals surface area contributed by atoms with Crippen LogP contribution in [0, 0.1) is 0 Å². The lowest BCUT2D eigenvalue weighted by Crippen LogP contribution is -2.10. The largest absolute Gasteiger partial charge is 0.455 e. The van der Waals surface area contributed by atoms with E-state index in [0.29, 0.717) is 5.56 Å². The third-order valence-corrected chi connectivity index (χ3v) is 8.50. The predicted octanol–water partition coefficient (Wildman–Crippen LogP) is 13.8. The summed E-state index contributed by atoms with van der Waals surface area (Å²) in [4.78, 5) is 1.09. The van der Waals surface area contributed by atoms with E-state index in [4.69, 9.17) is 23.6 Å².